The maximum Gasteiger partial charge on any atom is 0.410 e. The zero-order valence-electron chi connectivity index (χ0n) is 14.5. The van der Waals surface area contributed by atoms with Crippen molar-refractivity contribution in [1.29, 1.82) is 0 Å². The highest BCUT2D eigenvalue weighted by Crippen LogP contribution is 2.34. The van der Waals surface area contributed by atoms with E-state index in [4.69, 9.17) is 9.47 Å². The van der Waals surface area contributed by atoms with Gasteiger partial charge in [0.1, 0.15) is 5.75 Å². The molecule has 1 aliphatic heterocycles. The molecule has 2 rings (SSSR count). The van der Waals surface area contributed by atoms with Crippen LogP contribution in [0.5, 0.6) is 5.75 Å². The van der Waals surface area contributed by atoms with E-state index >= 15 is 0 Å². The first kappa shape index (κ1) is 18.2. The Bertz CT molecular complexity index is 655. The van der Waals surface area contributed by atoms with Crippen LogP contribution in [0.4, 0.5) is 4.79 Å². The highest BCUT2D eigenvalue weighted by atomic mass is 32.2. The zero-order chi connectivity index (χ0) is 17.9. The fraction of sp³-hybridized carbons (Fsp3) is 0.412. The Balaban J connectivity index is 1.98. The lowest BCUT2D eigenvalue weighted by Gasteiger charge is -2.27. The van der Waals surface area contributed by atoms with Crippen molar-refractivity contribution in [2.24, 2.45) is 0 Å². The summed E-state index contributed by atoms with van der Waals surface area (Å²) in [7, 11) is 3.51. The predicted octanol–water partition coefficient (Wildman–Crippen LogP) is 3.05. The fourth-order valence-electron chi connectivity index (χ4n) is 2.03. The minimum atomic E-state index is -1.14. The number of carbonyl (C=O) groups is 2. The number of hydrogen-bond acceptors (Lipinski definition) is 6. The molecule has 1 atom stereocenters. The molecule has 1 aromatic rings. The van der Waals surface area contributed by atoms with Gasteiger partial charge >= 0.3 is 6.09 Å². The molecule has 0 spiro atoms. The van der Waals surface area contributed by atoms with E-state index in [0.717, 1.165) is 17.0 Å². The van der Waals surface area contributed by atoms with Crippen molar-refractivity contribution >= 4 is 29.3 Å². The van der Waals surface area contributed by atoms with Gasteiger partial charge in [-0.1, -0.05) is 11.8 Å². The molecule has 1 unspecified atom stereocenters. The second-order valence-electron chi connectivity index (χ2n) is 5.93. The van der Waals surface area contributed by atoms with Crippen LogP contribution in [-0.4, -0.2) is 42.0 Å². The molecule has 6 nitrogen and oxygen atoms in total. The van der Waals surface area contributed by atoms with Gasteiger partial charge in [-0.15, -0.1) is 0 Å². The van der Waals surface area contributed by atoms with Crippen molar-refractivity contribution in [3.8, 4) is 5.75 Å². The molecular formula is C17H22N2O4S. The Hall–Kier alpha value is -2.15. The van der Waals surface area contributed by atoms with Gasteiger partial charge in [-0.05, 0) is 56.0 Å². The third kappa shape index (κ3) is 4.03. The van der Waals surface area contributed by atoms with Crippen molar-refractivity contribution in [2.75, 3.05) is 14.2 Å². The second kappa shape index (κ2) is 7.17. The maximum absolute atomic E-state index is 12.0. The van der Waals surface area contributed by atoms with E-state index in [2.05, 4.69) is 5.32 Å². The van der Waals surface area contributed by atoms with Crippen molar-refractivity contribution in [1.82, 2.24) is 10.2 Å². The number of methoxy groups -OCH3 is 1. The van der Waals surface area contributed by atoms with E-state index in [1.54, 1.807) is 21.0 Å². The zero-order valence-corrected chi connectivity index (χ0v) is 15.3. The average molecular weight is 350 g/mol. The molecule has 24 heavy (non-hydrogen) atoms. The number of alkyl carbamates (subject to hydrolysis) is 1. The topological polar surface area (TPSA) is 67.9 Å². The summed E-state index contributed by atoms with van der Waals surface area (Å²) in [5.41, 5.74) is 0.571. The summed E-state index contributed by atoms with van der Waals surface area (Å²) in [5, 5.41) is 4.74. The molecule has 0 saturated heterocycles. The molecule has 130 valence electrons. The monoisotopic (exact) mass is 350 g/mol. The van der Waals surface area contributed by atoms with Crippen LogP contribution in [0.15, 0.2) is 29.7 Å². The van der Waals surface area contributed by atoms with Crippen LogP contribution in [-0.2, 0) is 9.53 Å². The number of nitrogens with zero attached hydrogens (tertiary/aromatic N) is 1. The molecule has 0 saturated carbocycles. The molecule has 1 heterocycles. The van der Waals surface area contributed by atoms with Gasteiger partial charge in [-0.25, -0.2) is 4.79 Å². The van der Waals surface area contributed by atoms with Crippen LogP contribution in [0, 0.1) is 0 Å². The summed E-state index contributed by atoms with van der Waals surface area (Å²) in [6, 6.07) is 7.70. The Kier molecular flexibility index (Phi) is 5.43. The maximum atomic E-state index is 12.0. The minimum absolute atomic E-state index is 0.206. The van der Waals surface area contributed by atoms with E-state index in [-0.39, 0.29) is 11.3 Å². The Morgan fingerprint density at radius 1 is 1.25 bits per heavy atom. The molecule has 0 aromatic heterocycles. The Labute approximate surface area is 146 Å². The van der Waals surface area contributed by atoms with Crippen LogP contribution < -0.4 is 10.1 Å². The first-order valence-electron chi connectivity index (χ1n) is 7.48. The number of ketones is 1. The van der Waals surface area contributed by atoms with Crippen LogP contribution >= 0.6 is 11.8 Å². The molecule has 0 bridgehead atoms. The number of hydrogen-bond donors (Lipinski definition) is 1. The molecule has 0 fully saturated rings. The first-order chi connectivity index (χ1) is 11.2. The number of Topliss-reactive ketones (excluding diaryl/α,β-unsaturated/α-hetero) is 1. The SMILES string of the molecule is COc1ccc(C2=CSC(NC(=O)OC(C)(C)C(C)=O)N2C)cc1. The fourth-order valence-corrected chi connectivity index (χ4v) is 3.05. The van der Waals surface area contributed by atoms with Crippen LogP contribution in [0.25, 0.3) is 5.70 Å². The normalized spacial score (nSPS) is 17.3. The van der Waals surface area contributed by atoms with Crippen LogP contribution in [0.1, 0.15) is 26.3 Å². The van der Waals surface area contributed by atoms with E-state index < -0.39 is 11.7 Å². The summed E-state index contributed by atoms with van der Waals surface area (Å²) in [5.74, 6) is 0.583. The van der Waals surface area contributed by atoms with Crippen LogP contribution in [0.3, 0.4) is 0 Å². The van der Waals surface area contributed by atoms with Crippen molar-refractivity contribution in [3.63, 3.8) is 0 Å². The van der Waals surface area contributed by atoms with Gasteiger partial charge in [0.2, 0.25) is 0 Å². The van der Waals surface area contributed by atoms with Gasteiger partial charge in [0.25, 0.3) is 0 Å². The molecule has 0 radical (unpaired) electrons. The van der Waals surface area contributed by atoms with Crippen molar-refractivity contribution < 1.29 is 19.1 Å². The third-order valence-electron chi connectivity index (χ3n) is 3.86. The van der Waals surface area contributed by atoms with Gasteiger partial charge in [0, 0.05) is 7.05 Å². The molecule has 1 aliphatic rings. The summed E-state index contributed by atoms with van der Waals surface area (Å²) < 4.78 is 10.4. The molecule has 1 N–H and O–H groups in total. The largest absolute Gasteiger partial charge is 0.497 e. The number of benzene rings is 1. The Morgan fingerprint density at radius 2 is 1.88 bits per heavy atom. The number of carbonyl (C=O) groups excluding carboxylic acids is 2. The number of ether oxygens (including phenoxy) is 2. The van der Waals surface area contributed by atoms with Crippen molar-refractivity contribution in [2.45, 2.75) is 31.9 Å². The summed E-state index contributed by atoms with van der Waals surface area (Å²) in [6.45, 7) is 4.54. The summed E-state index contributed by atoms with van der Waals surface area (Å²) in [6.07, 6.45) is -0.621. The van der Waals surface area contributed by atoms with Crippen LogP contribution in [0.2, 0.25) is 0 Å². The number of nitrogens with one attached hydrogen (secondary N) is 1. The van der Waals surface area contributed by atoms with Gasteiger partial charge in [-0.3, -0.25) is 10.1 Å². The highest BCUT2D eigenvalue weighted by Gasteiger charge is 2.31. The molecular weight excluding hydrogens is 328 g/mol. The summed E-state index contributed by atoms with van der Waals surface area (Å²) >= 11 is 1.46. The van der Waals surface area contributed by atoms with Gasteiger partial charge in [0.15, 0.2) is 16.9 Å². The van der Waals surface area contributed by atoms with E-state index in [9.17, 15) is 9.59 Å². The number of amides is 1. The minimum Gasteiger partial charge on any atom is -0.497 e. The van der Waals surface area contributed by atoms with E-state index in [1.165, 1.54) is 18.7 Å². The predicted molar refractivity (Wildman–Crippen MR) is 94.5 cm³/mol. The quantitative estimate of drug-likeness (QED) is 0.880. The van der Waals surface area contributed by atoms with Crippen molar-refractivity contribution in [3.05, 3.63) is 35.2 Å². The molecule has 1 aromatic carbocycles. The standard InChI is InChI=1S/C17H22N2O4S/c1-11(20)17(2,3)23-16(21)18-15-19(4)14(10-24-15)12-6-8-13(22-5)9-7-12/h6-10,15H,1-5H3,(H,18,21). The van der Waals surface area contributed by atoms with E-state index in [1.807, 2.05) is 41.6 Å². The first-order valence-corrected chi connectivity index (χ1v) is 8.42. The smallest absolute Gasteiger partial charge is 0.410 e. The number of thioether (sulfide) groups is 1. The highest BCUT2D eigenvalue weighted by molar-refractivity contribution is 8.03. The molecule has 7 heteroatoms. The molecule has 1 amide bonds. The van der Waals surface area contributed by atoms with Gasteiger partial charge < -0.3 is 14.4 Å². The van der Waals surface area contributed by atoms with Gasteiger partial charge in [0.05, 0.1) is 12.8 Å². The average Bonchev–Trinajstić information content (AvgIpc) is 2.87. The lowest BCUT2D eigenvalue weighted by atomic mass is 10.1. The van der Waals surface area contributed by atoms with E-state index in [0.29, 0.717) is 0 Å². The third-order valence-corrected chi connectivity index (χ3v) is 4.91. The van der Waals surface area contributed by atoms with Gasteiger partial charge in [-0.2, -0.15) is 0 Å². The summed E-state index contributed by atoms with van der Waals surface area (Å²) in [4.78, 5) is 25.4. The molecule has 0 aliphatic carbocycles. The number of rotatable bonds is 5. The second-order valence-corrected chi connectivity index (χ2v) is 6.89. The lowest BCUT2D eigenvalue weighted by molar-refractivity contribution is -0.132. The Morgan fingerprint density at radius 3 is 2.42 bits per heavy atom. The lowest BCUT2D eigenvalue weighted by Crippen LogP contribution is -2.45.